The molecule has 1 aromatic heterocycles. The van der Waals surface area contributed by atoms with E-state index in [1.165, 1.54) is 31.4 Å². The molecule has 0 bridgehead atoms. The molecule has 0 aromatic carbocycles. The molecule has 2 aliphatic heterocycles. The Morgan fingerprint density at radius 2 is 2.09 bits per heavy atom. The molecule has 2 saturated heterocycles. The molecule has 3 rings (SSSR count). The predicted octanol–water partition coefficient (Wildman–Crippen LogP) is 2.04. The summed E-state index contributed by atoms with van der Waals surface area (Å²) in [6, 6.07) is 1.28. The maximum atomic E-state index is 12.3. The van der Waals surface area contributed by atoms with Crippen molar-refractivity contribution in [2.75, 3.05) is 19.6 Å². The lowest BCUT2D eigenvalue weighted by Crippen LogP contribution is -2.63. The number of carbonyl (C=O) groups excluding carboxylic acids is 1. The van der Waals surface area contributed by atoms with E-state index in [-0.39, 0.29) is 0 Å². The van der Waals surface area contributed by atoms with Gasteiger partial charge in [0.05, 0.1) is 5.69 Å². The zero-order chi connectivity index (χ0) is 15.7. The van der Waals surface area contributed by atoms with Crippen molar-refractivity contribution in [3.63, 3.8) is 0 Å². The Bertz CT molecular complexity index is 513. The van der Waals surface area contributed by atoms with E-state index < -0.39 is 0 Å². The molecule has 122 valence electrons. The average molecular weight is 304 g/mol. The molecule has 1 atom stereocenters. The predicted molar refractivity (Wildman–Crippen MR) is 86.8 cm³/mol. The second-order valence-electron chi connectivity index (χ2n) is 6.95. The van der Waals surface area contributed by atoms with Crippen molar-refractivity contribution < 1.29 is 4.79 Å². The summed E-state index contributed by atoms with van der Waals surface area (Å²) in [4.78, 5) is 17.0. The summed E-state index contributed by atoms with van der Waals surface area (Å²) >= 11 is 0. The van der Waals surface area contributed by atoms with Crippen LogP contribution in [0.5, 0.6) is 0 Å². The van der Waals surface area contributed by atoms with Crippen LogP contribution in [0.4, 0.5) is 0 Å². The van der Waals surface area contributed by atoms with Crippen molar-refractivity contribution >= 4 is 5.91 Å². The maximum absolute atomic E-state index is 12.3. The SMILES string of the molecule is Cc1n[nH]c(C)c1CCC(=O)N1CC(N2CCCC[C@@H]2C)C1. The lowest BCUT2D eigenvalue weighted by Gasteiger charge is -2.49. The minimum Gasteiger partial charge on any atom is -0.339 e. The Balaban J connectivity index is 1.45. The molecule has 1 aromatic rings. The number of aromatic nitrogens is 2. The smallest absolute Gasteiger partial charge is 0.223 e. The molecule has 5 nitrogen and oxygen atoms in total. The third-order valence-corrected chi connectivity index (χ3v) is 5.41. The van der Waals surface area contributed by atoms with Crippen LogP contribution in [-0.4, -0.2) is 57.6 Å². The van der Waals surface area contributed by atoms with Crippen LogP contribution in [0.3, 0.4) is 0 Å². The molecule has 0 aliphatic carbocycles. The fraction of sp³-hybridized carbons (Fsp3) is 0.765. The van der Waals surface area contributed by atoms with Gasteiger partial charge in [-0.25, -0.2) is 0 Å². The fourth-order valence-electron chi connectivity index (χ4n) is 3.86. The molecule has 2 fully saturated rings. The average Bonchev–Trinajstić information content (AvgIpc) is 2.76. The molecule has 5 heteroatoms. The summed E-state index contributed by atoms with van der Waals surface area (Å²) in [7, 11) is 0. The summed E-state index contributed by atoms with van der Waals surface area (Å²) < 4.78 is 0. The quantitative estimate of drug-likeness (QED) is 0.926. The van der Waals surface area contributed by atoms with Crippen LogP contribution in [0.2, 0.25) is 0 Å². The van der Waals surface area contributed by atoms with Gasteiger partial charge in [0.1, 0.15) is 0 Å². The third-order valence-electron chi connectivity index (χ3n) is 5.41. The van der Waals surface area contributed by atoms with E-state index in [4.69, 9.17) is 0 Å². The van der Waals surface area contributed by atoms with Gasteiger partial charge in [0, 0.05) is 37.3 Å². The number of carbonyl (C=O) groups is 1. The van der Waals surface area contributed by atoms with Crippen LogP contribution in [0.1, 0.15) is 49.6 Å². The van der Waals surface area contributed by atoms with Crippen LogP contribution in [0, 0.1) is 13.8 Å². The highest BCUT2D eigenvalue weighted by atomic mass is 16.2. The van der Waals surface area contributed by atoms with E-state index in [2.05, 4.69) is 22.0 Å². The van der Waals surface area contributed by atoms with Crippen LogP contribution in [0.25, 0.3) is 0 Å². The Labute approximate surface area is 133 Å². The number of nitrogens with zero attached hydrogens (tertiary/aromatic N) is 3. The molecule has 0 saturated carbocycles. The van der Waals surface area contributed by atoms with Crippen LogP contribution < -0.4 is 0 Å². The Kier molecular flexibility index (Phi) is 4.52. The van der Waals surface area contributed by atoms with Crippen molar-refractivity contribution in [2.24, 2.45) is 0 Å². The number of hydrogen-bond donors (Lipinski definition) is 1. The van der Waals surface area contributed by atoms with Gasteiger partial charge in [-0.05, 0) is 52.1 Å². The van der Waals surface area contributed by atoms with Gasteiger partial charge in [-0.1, -0.05) is 6.42 Å². The minimum atomic E-state index is 0.293. The third kappa shape index (κ3) is 3.05. The van der Waals surface area contributed by atoms with Crippen molar-refractivity contribution in [1.29, 1.82) is 0 Å². The van der Waals surface area contributed by atoms with E-state index in [0.29, 0.717) is 24.4 Å². The Morgan fingerprint density at radius 3 is 2.73 bits per heavy atom. The van der Waals surface area contributed by atoms with Crippen molar-refractivity contribution in [1.82, 2.24) is 20.0 Å². The second-order valence-corrected chi connectivity index (χ2v) is 6.95. The van der Waals surface area contributed by atoms with Crippen LogP contribution in [0.15, 0.2) is 0 Å². The van der Waals surface area contributed by atoms with Crippen molar-refractivity contribution in [3.05, 3.63) is 17.0 Å². The largest absolute Gasteiger partial charge is 0.339 e. The Morgan fingerprint density at radius 1 is 1.32 bits per heavy atom. The van der Waals surface area contributed by atoms with Crippen LogP contribution >= 0.6 is 0 Å². The van der Waals surface area contributed by atoms with E-state index >= 15 is 0 Å². The molecular weight excluding hydrogens is 276 g/mol. The van der Waals surface area contributed by atoms with Gasteiger partial charge in [-0.3, -0.25) is 14.8 Å². The zero-order valence-corrected chi connectivity index (χ0v) is 14.1. The first-order valence-corrected chi connectivity index (χ1v) is 8.60. The monoisotopic (exact) mass is 304 g/mol. The van der Waals surface area contributed by atoms with E-state index in [1.54, 1.807) is 0 Å². The molecular formula is C17H28N4O. The maximum Gasteiger partial charge on any atom is 0.223 e. The molecule has 2 aliphatic rings. The number of nitrogens with one attached hydrogen (secondary N) is 1. The minimum absolute atomic E-state index is 0.293. The molecule has 1 amide bonds. The number of piperidine rings is 1. The highest BCUT2D eigenvalue weighted by Crippen LogP contribution is 2.25. The van der Waals surface area contributed by atoms with Gasteiger partial charge in [-0.15, -0.1) is 0 Å². The number of hydrogen-bond acceptors (Lipinski definition) is 3. The number of aromatic amines is 1. The van der Waals surface area contributed by atoms with Gasteiger partial charge in [0.15, 0.2) is 0 Å². The molecule has 0 spiro atoms. The number of aryl methyl sites for hydroxylation is 2. The summed E-state index contributed by atoms with van der Waals surface area (Å²) in [5.74, 6) is 0.293. The Hall–Kier alpha value is -1.36. The van der Waals surface area contributed by atoms with Gasteiger partial charge < -0.3 is 4.90 Å². The van der Waals surface area contributed by atoms with E-state index in [1.807, 2.05) is 18.7 Å². The van der Waals surface area contributed by atoms with Gasteiger partial charge in [0.2, 0.25) is 5.91 Å². The fourth-order valence-corrected chi connectivity index (χ4v) is 3.86. The normalized spacial score (nSPS) is 23.6. The zero-order valence-electron chi connectivity index (χ0n) is 14.1. The summed E-state index contributed by atoms with van der Waals surface area (Å²) in [6.07, 6.45) is 5.38. The van der Waals surface area contributed by atoms with Crippen LogP contribution in [-0.2, 0) is 11.2 Å². The van der Waals surface area contributed by atoms with Crippen molar-refractivity contribution in [2.45, 2.75) is 65.0 Å². The molecule has 22 heavy (non-hydrogen) atoms. The highest BCUT2D eigenvalue weighted by Gasteiger charge is 2.37. The highest BCUT2D eigenvalue weighted by molar-refractivity contribution is 5.77. The first-order chi connectivity index (χ1) is 10.6. The number of amides is 1. The summed E-state index contributed by atoms with van der Waals surface area (Å²) in [5.41, 5.74) is 3.32. The topological polar surface area (TPSA) is 52.2 Å². The summed E-state index contributed by atoms with van der Waals surface area (Å²) in [5, 5.41) is 7.19. The molecule has 0 radical (unpaired) electrons. The first kappa shape index (κ1) is 15.5. The lowest BCUT2D eigenvalue weighted by molar-refractivity contribution is -0.139. The standard InChI is InChI=1S/C17H28N4O/c1-12-6-4-5-9-21(12)15-10-20(11-15)17(22)8-7-16-13(2)18-19-14(16)3/h12,15H,4-11H2,1-3H3,(H,18,19)/t12-/m0/s1. The number of H-pyrrole nitrogens is 1. The van der Waals surface area contributed by atoms with E-state index in [0.717, 1.165) is 30.9 Å². The molecule has 0 unspecified atom stereocenters. The second kappa shape index (κ2) is 6.41. The van der Waals surface area contributed by atoms with Gasteiger partial charge in [-0.2, -0.15) is 5.10 Å². The lowest BCUT2D eigenvalue weighted by atomic mass is 9.97. The van der Waals surface area contributed by atoms with Gasteiger partial charge >= 0.3 is 0 Å². The number of rotatable bonds is 4. The van der Waals surface area contributed by atoms with Gasteiger partial charge in [0.25, 0.3) is 0 Å². The van der Waals surface area contributed by atoms with E-state index in [9.17, 15) is 4.79 Å². The van der Waals surface area contributed by atoms with Crippen molar-refractivity contribution in [3.8, 4) is 0 Å². The summed E-state index contributed by atoms with van der Waals surface area (Å²) in [6.45, 7) is 9.41. The molecule has 3 heterocycles. The first-order valence-electron chi connectivity index (χ1n) is 8.60. The molecule has 1 N–H and O–H groups in total. The number of likely N-dealkylation sites (tertiary alicyclic amines) is 2.